The maximum Gasteiger partial charge on any atom is 0.341 e. The molecule has 0 unspecified atom stereocenters. The van der Waals surface area contributed by atoms with Crippen LogP contribution in [-0.2, 0) is 20.0 Å². The number of carboxylic acids is 1. The molecule has 2 aromatic rings. The summed E-state index contributed by atoms with van der Waals surface area (Å²) in [6, 6.07) is 1.68. The lowest BCUT2D eigenvalue weighted by Crippen LogP contribution is -2.34. The van der Waals surface area contributed by atoms with Crippen LogP contribution in [0.5, 0.6) is 0 Å². The highest BCUT2D eigenvalue weighted by Gasteiger charge is 2.23. The molecule has 2 aromatic heterocycles. The first-order chi connectivity index (χ1) is 9.58. The molecule has 3 heterocycles. The van der Waals surface area contributed by atoms with Crippen molar-refractivity contribution in [2.75, 3.05) is 6.54 Å². The summed E-state index contributed by atoms with van der Waals surface area (Å²) in [5.74, 6) is -0.758. The molecule has 0 amide bonds. The monoisotopic (exact) mass is 274 g/mol. The van der Waals surface area contributed by atoms with Crippen LogP contribution in [-0.4, -0.2) is 32.0 Å². The molecule has 0 spiro atoms. The lowest BCUT2D eigenvalue weighted by molar-refractivity contribution is 0.0693. The van der Waals surface area contributed by atoms with Crippen molar-refractivity contribution < 1.29 is 9.90 Å². The number of aromatic carboxylic acids is 1. The molecule has 0 saturated heterocycles. The maximum absolute atomic E-state index is 12.4. The molecule has 7 heteroatoms. The van der Waals surface area contributed by atoms with Crippen LogP contribution in [0.1, 0.15) is 21.5 Å². The molecule has 0 aliphatic carbocycles. The van der Waals surface area contributed by atoms with Crippen molar-refractivity contribution in [1.29, 1.82) is 0 Å². The predicted molar refractivity (Wildman–Crippen MR) is 71.2 cm³/mol. The number of rotatable bonds is 2. The number of hydrogen-bond donors (Lipinski definition) is 2. The van der Waals surface area contributed by atoms with Gasteiger partial charge >= 0.3 is 5.97 Å². The fourth-order valence-electron chi connectivity index (χ4n) is 2.50. The van der Waals surface area contributed by atoms with Gasteiger partial charge in [0, 0.05) is 32.1 Å². The topological polar surface area (TPSA) is 89.1 Å². The molecule has 20 heavy (non-hydrogen) atoms. The van der Waals surface area contributed by atoms with Gasteiger partial charge in [0.25, 0.3) is 5.56 Å². The molecule has 0 atom stereocenters. The first-order valence-electron chi connectivity index (χ1n) is 6.29. The van der Waals surface area contributed by atoms with Crippen LogP contribution in [0.25, 0.3) is 5.82 Å². The SMILES string of the molecule is Cn1ccc(-n2cc3c(c(C(=O)O)c2=O)CCNC3)n1. The minimum atomic E-state index is -1.18. The fraction of sp³-hybridized carbons (Fsp3) is 0.308. The molecule has 3 rings (SSSR count). The molecule has 104 valence electrons. The van der Waals surface area contributed by atoms with E-state index in [1.165, 1.54) is 4.57 Å². The van der Waals surface area contributed by atoms with Crippen LogP contribution < -0.4 is 10.9 Å². The van der Waals surface area contributed by atoms with Crippen molar-refractivity contribution in [2.45, 2.75) is 13.0 Å². The standard InChI is InChI=1S/C13H14N4O3/c1-16-5-3-10(15-16)17-7-8-6-14-4-2-9(8)11(12(17)18)13(19)20/h3,5,7,14H,2,4,6H2,1H3,(H,19,20). The van der Waals surface area contributed by atoms with Gasteiger partial charge < -0.3 is 10.4 Å². The molecule has 2 N–H and O–H groups in total. The molecule has 7 nitrogen and oxygen atoms in total. The zero-order chi connectivity index (χ0) is 14.3. The number of aryl methyl sites for hydroxylation is 1. The van der Waals surface area contributed by atoms with E-state index in [1.54, 1.807) is 30.2 Å². The van der Waals surface area contributed by atoms with Gasteiger partial charge in [-0.1, -0.05) is 0 Å². The average molecular weight is 274 g/mol. The summed E-state index contributed by atoms with van der Waals surface area (Å²) in [5.41, 5.74) is 0.791. The summed E-state index contributed by atoms with van der Waals surface area (Å²) in [6.07, 6.45) is 3.94. The summed E-state index contributed by atoms with van der Waals surface area (Å²) < 4.78 is 2.87. The Morgan fingerprint density at radius 3 is 2.95 bits per heavy atom. The third-order valence-corrected chi connectivity index (χ3v) is 3.43. The van der Waals surface area contributed by atoms with Gasteiger partial charge in [-0.25, -0.2) is 4.79 Å². The number of carbonyl (C=O) groups is 1. The van der Waals surface area contributed by atoms with E-state index in [0.29, 0.717) is 30.9 Å². The Kier molecular flexibility index (Phi) is 2.90. The molecule has 0 saturated carbocycles. The highest BCUT2D eigenvalue weighted by molar-refractivity contribution is 5.89. The van der Waals surface area contributed by atoms with E-state index in [1.807, 2.05) is 0 Å². The first kappa shape index (κ1) is 12.6. The largest absolute Gasteiger partial charge is 0.477 e. The highest BCUT2D eigenvalue weighted by atomic mass is 16.4. The zero-order valence-corrected chi connectivity index (χ0v) is 11.0. The Labute approximate surface area is 114 Å². The molecule has 0 radical (unpaired) electrons. The van der Waals surface area contributed by atoms with Gasteiger partial charge in [0.2, 0.25) is 0 Å². The van der Waals surface area contributed by atoms with Gasteiger partial charge in [-0.3, -0.25) is 14.0 Å². The second kappa shape index (κ2) is 4.61. The van der Waals surface area contributed by atoms with E-state index < -0.39 is 11.5 Å². The number of pyridine rings is 1. The van der Waals surface area contributed by atoms with E-state index in [9.17, 15) is 14.7 Å². The van der Waals surface area contributed by atoms with Crippen molar-refractivity contribution >= 4 is 5.97 Å². The van der Waals surface area contributed by atoms with E-state index in [-0.39, 0.29) is 5.56 Å². The van der Waals surface area contributed by atoms with Crippen molar-refractivity contribution in [1.82, 2.24) is 19.7 Å². The molecule has 0 fully saturated rings. The van der Waals surface area contributed by atoms with Crippen LogP contribution in [0.15, 0.2) is 23.3 Å². The van der Waals surface area contributed by atoms with Crippen molar-refractivity contribution in [3.63, 3.8) is 0 Å². The molecular weight excluding hydrogens is 260 g/mol. The normalized spacial score (nSPS) is 14.1. The van der Waals surface area contributed by atoms with Crippen molar-refractivity contribution in [2.24, 2.45) is 7.05 Å². The van der Waals surface area contributed by atoms with Gasteiger partial charge in [-0.15, -0.1) is 0 Å². The second-order valence-corrected chi connectivity index (χ2v) is 4.76. The quantitative estimate of drug-likeness (QED) is 0.799. The molecule has 0 aromatic carbocycles. The summed E-state index contributed by atoms with van der Waals surface area (Å²) >= 11 is 0. The van der Waals surface area contributed by atoms with Gasteiger partial charge in [-0.2, -0.15) is 5.10 Å². The van der Waals surface area contributed by atoms with Crippen LogP contribution in [0.3, 0.4) is 0 Å². The van der Waals surface area contributed by atoms with Crippen LogP contribution in [0.2, 0.25) is 0 Å². The number of nitrogens with one attached hydrogen (secondary N) is 1. The predicted octanol–water partition coefficient (Wildman–Crippen LogP) is -0.0851. The van der Waals surface area contributed by atoms with Gasteiger partial charge in [0.1, 0.15) is 5.56 Å². The minimum Gasteiger partial charge on any atom is -0.477 e. The average Bonchev–Trinajstić information content (AvgIpc) is 2.84. The first-order valence-corrected chi connectivity index (χ1v) is 6.29. The van der Waals surface area contributed by atoms with Gasteiger partial charge in [0.15, 0.2) is 5.82 Å². The number of aromatic nitrogens is 3. The maximum atomic E-state index is 12.4. The number of hydrogen-bond acceptors (Lipinski definition) is 4. The lowest BCUT2D eigenvalue weighted by atomic mass is 9.98. The van der Waals surface area contributed by atoms with Gasteiger partial charge in [0.05, 0.1) is 0 Å². The van der Waals surface area contributed by atoms with Crippen LogP contribution in [0, 0.1) is 0 Å². The fourth-order valence-corrected chi connectivity index (χ4v) is 2.50. The van der Waals surface area contributed by atoms with Crippen LogP contribution in [0.4, 0.5) is 0 Å². The summed E-state index contributed by atoms with van der Waals surface area (Å²) in [4.78, 5) is 23.8. The second-order valence-electron chi connectivity index (χ2n) is 4.76. The summed E-state index contributed by atoms with van der Waals surface area (Å²) in [6.45, 7) is 1.24. The Balaban J connectivity index is 2.29. The lowest BCUT2D eigenvalue weighted by Gasteiger charge is -2.20. The Morgan fingerprint density at radius 2 is 2.30 bits per heavy atom. The van der Waals surface area contributed by atoms with Crippen molar-refractivity contribution in [3.8, 4) is 5.82 Å². The number of nitrogens with zero attached hydrogens (tertiary/aromatic N) is 3. The third-order valence-electron chi connectivity index (χ3n) is 3.43. The minimum absolute atomic E-state index is 0.144. The highest BCUT2D eigenvalue weighted by Crippen LogP contribution is 2.17. The van der Waals surface area contributed by atoms with E-state index in [0.717, 1.165) is 5.56 Å². The Bertz CT molecular complexity index is 745. The Hall–Kier alpha value is -2.41. The smallest absolute Gasteiger partial charge is 0.341 e. The van der Waals surface area contributed by atoms with E-state index >= 15 is 0 Å². The van der Waals surface area contributed by atoms with Crippen LogP contribution >= 0.6 is 0 Å². The zero-order valence-electron chi connectivity index (χ0n) is 11.0. The van der Waals surface area contributed by atoms with Gasteiger partial charge in [-0.05, 0) is 24.1 Å². The summed E-state index contributed by atoms with van der Waals surface area (Å²) in [7, 11) is 1.74. The number of carboxylic acid groups (broad SMARTS) is 1. The summed E-state index contributed by atoms with van der Waals surface area (Å²) in [5, 5.41) is 16.7. The third kappa shape index (κ3) is 1.92. The van der Waals surface area contributed by atoms with E-state index in [4.69, 9.17) is 0 Å². The molecular formula is C13H14N4O3. The number of fused-ring (bicyclic) bond motifs is 1. The molecule has 0 bridgehead atoms. The Morgan fingerprint density at radius 1 is 1.50 bits per heavy atom. The molecule has 1 aliphatic rings. The molecule has 1 aliphatic heterocycles. The van der Waals surface area contributed by atoms with Crippen molar-refractivity contribution in [3.05, 3.63) is 45.5 Å². The van der Waals surface area contributed by atoms with E-state index in [2.05, 4.69) is 10.4 Å².